The minimum absolute atomic E-state index is 0. The van der Waals surface area contributed by atoms with E-state index in [1.807, 2.05) is 45.6 Å². The Hall–Kier alpha value is -4.57. The summed E-state index contributed by atoms with van der Waals surface area (Å²) in [7, 11) is 0. The zero-order valence-corrected chi connectivity index (χ0v) is 25.6. The van der Waals surface area contributed by atoms with Crippen LogP contribution in [0.1, 0.15) is 62.7 Å². The first-order valence-electron chi connectivity index (χ1n) is 14.1. The third-order valence-electron chi connectivity index (χ3n) is 7.89. The maximum atomic E-state index is 14.1. The van der Waals surface area contributed by atoms with E-state index in [0.717, 1.165) is 5.56 Å². The second-order valence-corrected chi connectivity index (χ2v) is 11.6. The van der Waals surface area contributed by atoms with E-state index >= 15 is 0 Å². The van der Waals surface area contributed by atoms with Crippen molar-refractivity contribution in [2.75, 3.05) is 18.0 Å². The Morgan fingerprint density at radius 2 is 1.82 bits per heavy atom. The van der Waals surface area contributed by atoms with Crippen molar-refractivity contribution in [3.8, 4) is 16.9 Å². The van der Waals surface area contributed by atoms with E-state index in [4.69, 9.17) is 22.3 Å². The number of rotatable bonds is 6. The fraction of sp³-hybridized carbons (Fsp3) is 0.333. The number of carbonyl (C=O) groups excluding carboxylic acids is 2. The van der Waals surface area contributed by atoms with Gasteiger partial charge in [-0.05, 0) is 56.5 Å². The number of pyridine rings is 2. The average Bonchev–Trinajstić information content (AvgIpc) is 2.97. The van der Waals surface area contributed by atoms with Crippen molar-refractivity contribution in [3.63, 3.8) is 0 Å². The predicted octanol–water partition coefficient (Wildman–Crippen LogP) is 5.27. The van der Waals surface area contributed by atoms with Gasteiger partial charge in [0.2, 0.25) is 11.8 Å². The number of benzene rings is 1. The van der Waals surface area contributed by atoms with E-state index in [0.29, 0.717) is 52.6 Å². The first-order valence-corrected chi connectivity index (χ1v) is 14.5. The topological polar surface area (TPSA) is 127 Å². The van der Waals surface area contributed by atoms with Crippen LogP contribution in [-0.4, -0.2) is 61.4 Å². The Morgan fingerprint density at radius 3 is 2.48 bits per heavy atom. The summed E-state index contributed by atoms with van der Waals surface area (Å²) in [5.41, 5.74) is 8.63. The van der Waals surface area contributed by atoms with Gasteiger partial charge >= 0.3 is 5.69 Å². The molecular formula is C33H38ClN7O3. The zero-order chi connectivity index (χ0) is 31.2. The smallest absolute Gasteiger partial charge is 0.355 e. The normalized spacial score (nSPS) is 16.6. The molecule has 0 saturated carbocycles. The highest BCUT2D eigenvalue weighted by Crippen LogP contribution is 2.36. The average molecular weight is 616 g/mol. The molecule has 0 bridgehead atoms. The lowest BCUT2D eigenvalue weighted by molar-refractivity contribution is -0.128. The van der Waals surface area contributed by atoms with Crippen LogP contribution in [0.15, 0.2) is 60.0 Å². The van der Waals surface area contributed by atoms with Gasteiger partial charge in [-0.3, -0.25) is 14.6 Å². The van der Waals surface area contributed by atoms with Crippen LogP contribution in [0.4, 0.5) is 5.82 Å². The highest BCUT2D eigenvalue weighted by molar-refractivity contribution is 6.34. The van der Waals surface area contributed by atoms with E-state index in [2.05, 4.69) is 16.5 Å². The molecule has 0 spiro atoms. The molecule has 230 valence electrons. The molecule has 0 radical (unpaired) electrons. The molecule has 11 heteroatoms. The second-order valence-electron chi connectivity index (χ2n) is 11.2. The van der Waals surface area contributed by atoms with Crippen molar-refractivity contribution in [3.05, 3.63) is 87.6 Å². The van der Waals surface area contributed by atoms with E-state index in [1.165, 1.54) is 10.6 Å². The van der Waals surface area contributed by atoms with Gasteiger partial charge in [0.1, 0.15) is 5.82 Å². The lowest BCUT2D eigenvalue weighted by atomic mass is 10.0. The van der Waals surface area contributed by atoms with Crippen molar-refractivity contribution < 1.29 is 9.59 Å². The molecule has 1 aromatic carbocycles. The van der Waals surface area contributed by atoms with Gasteiger partial charge in [0, 0.05) is 42.5 Å². The number of halogens is 1. The summed E-state index contributed by atoms with van der Waals surface area (Å²) in [5, 5.41) is 0.813. The van der Waals surface area contributed by atoms with Gasteiger partial charge < -0.3 is 15.5 Å². The fourth-order valence-electron chi connectivity index (χ4n) is 5.75. The number of aryl methyl sites for hydroxylation is 1. The molecule has 5 rings (SSSR count). The molecule has 0 unspecified atom stereocenters. The molecule has 1 saturated heterocycles. The fourth-order valence-corrected chi connectivity index (χ4v) is 6.00. The van der Waals surface area contributed by atoms with Gasteiger partial charge in [-0.2, -0.15) is 4.98 Å². The Kier molecular flexibility index (Phi) is 9.25. The Balaban J connectivity index is 0.00000442. The molecular weight excluding hydrogens is 578 g/mol. The van der Waals surface area contributed by atoms with Crippen LogP contribution in [0, 0.1) is 6.92 Å². The standard InChI is InChI=1S/C32H34ClN7O3.CH4/c1-7-25(41)38-15-20(6)39(16-19(38)5)30-23-14-24(33)27(21-10-8-9-11-22(21)29(34)42)36-31(23)40(32(43)37-30)28-18(4)12-13-35-26(28)17(2)3;/h7-14,17,19-20H,1,15-16H2,2-6H3,(H2,34,42);1H4/t19-,20+;/m1./s1. The molecule has 4 aromatic rings. The van der Waals surface area contributed by atoms with Crippen LogP contribution in [0.2, 0.25) is 5.02 Å². The SMILES string of the molecule is C.C=CC(=O)N1C[C@H](C)N(c2nc(=O)n(-c3c(C)ccnc3C(C)C)c3nc(-c4ccccc4C(N)=O)c(Cl)cc23)C[C@H]1C. The van der Waals surface area contributed by atoms with Crippen molar-refractivity contribution in [1.82, 2.24) is 24.4 Å². The van der Waals surface area contributed by atoms with E-state index in [1.54, 1.807) is 41.4 Å². The summed E-state index contributed by atoms with van der Waals surface area (Å²) in [4.78, 5) is 56.9. The van der Waals surface area contributed by atoms with Crippen LogP contribution in [0.5, 0.6) is 0 Å². The lowest BCUT2D eigenvalue weighted by Crippen LogP contribution is -2.58. The molecule has 10 nitrogen and oxygen atoms in total. The maximum absolute atomic E-state index is 14.1. The minimum atomic E-state index is -0.624. The molecule has 4 heterocycles. The van der Waals surface area contributed by atoms with Gasteiger partial charge in [0.15, 0.2) is 5.65 Å². The van der Waals surface area contributed by atoms with E-state index < -0.39 is 11.6 Å². The van der Waals surface area contributed by atoms with Crippen molar-refractivity contribution in [2.45, 2.75) is 60.0 Å². The number of hydrogen-bond acceptors (Lipinski definition) is 7. The third-order valence-corrected chi connectivity index (χ3v) is 8.18. The number of piperazine rings is 1. The second kappa shape index (κ2) is 12.6. The number of nitrogens with zero attached hydrogens (tertiary/aromatic N) is 6. The Bertz CT molecular complexity index is 1830. The summed E-state index contributed by atoms with van der Waals surface area (Å²) in [5.74, 6) is -0.363. The van der Waals surface area contributed by atoms with Crippen LogP contribution in [-0.2, 0) is 4.79 Å². The summed E-state index contributed by atoms with van der Waals surface area (Å²) >= 11 is 6.90. The number of hydrogen-bond donors (Lipinski definition) is 1. The highest BCUT2D eigenvalue weighted by atomic mass is 35.5. The number of carbonyl (C=O) groups is 2. The molecule has 2 atom stereocenters. The van der Waals surface area contributed by atoms with E-state index in [-0.39, 0.29) is 41.9 Å². The van der Waals surface area contributed by atoms with Crippen LogP contribution >= 0.6 is 11.6 Å². The number of fused-ring (bicyclic) bond motifs is 1. The number of nitrogens with two attached hydrogens (primary N) is 1. The largest absolute Gasteiger partial charge is 0.366 e. The quantitative estimate of drug-likeness (QED) is 0.293. The summed E-state index contributed by atoms with van der Waals surface area (Å²) < 4.78 is 1.48. The number of anilines is 1. The van der Waals surface area contributed by atoms with Crippen molar-refractivity contribution in [2.24, 2.45) is 5.73 Å². The summed E-state index contributed by atoms with van der Waals surface area (Å²) in [6, 6.07) is 10.0. The van der Waals surface area contributed by atoms with Gasteiger partial charge in [0.25, 0.3) is 0 Å². The summed E-state index contributed by atoms with van der Waals surface area (Å²) in [6.07, 6.45) is 3.03. The van der Waals surface area contributed by atoms with Crippen molar-refractivity contribution >= 4 is 40.3 Å². The first kappa shape index (κ1) is 32.3. The Labute approximate surface area is 262 Å². The first-order chi connectivity index (χ1) is 20.4. The predicted molar refractivity (Wildman–Crippen MR) is 176 cm³/mol. The van der Waals surface area contributed by atoms with Gasteiger partial charge in [-0.25, -0.2) is 14.3 Å². The number of primary amides is 1. The van der Waals surface area contributed by atoms with Crippen LogP contribution in [0.3, 0.4) is 0 Å². The zero-order valence-electron chi connectivity index (χ0n) is 24.8. The molecule has 0 aliphatic carbocycles. The molecule has 2 N–H and O–H groups in total. The number of amides is 2. The third kappa shape index (κ3) is 5.57. The van der Waals surface area contributed by atoms with Crippen molar-refractivity contribution in [1.29, 1.82) is 0 Å². The van der Waals surface area contributed by atoms with E-state index in [9.17, 15) is 14.4 Å². The molecule has 3 aromatic heterocycles. The summed E-state index contributed by atoms with van der Waals surface area (Å²) in [6.45, 7) is 14.3. The molecule has 44 heavy (non-hydrogen) atoms. The monoisotopic (exact) mass is 615 g/mol. The minimum Gasteiger partial charge on any atom is -0.366 e. The van der Waals surface area contributed by atoms with Crippen LogP contribution in [0.25, 0.3) is 28.0 Å². The molecule has 1 fully saturated rings. The lowest BCUT2D eigenvalue weighted by Gasteiger charge is -2.44. The van der Waals surface area contributed by atoms with Gasteiger partial charge in [-0.1, -0.05) is 57.7 Å². The molecule has 1 aliphatic rings. The Morgan fingerprint density at radius 1 is 1.11 bits per heavy atom. The van der Waals surface area contributed by atoms with Crippen LogP contribution < -0.4 is 16.3 Å². The molecule has 1 aliphatic heterocycles. The number of aromatic nitrogens is 4. The maximum Gasteiger partial charge on any atom is 0.355 e. The van der Waals surface area contributed by atoms with Gasteiger partial charge in [-0.15, -0.1) is 0 Å². The van der Waals surface area contributed by atoms with Gasteiger partial charge in [0.05, 0.1) is 27.5 Å². The molecule has 2 amide bonds. The highest BCUT2D eigenvalue weighted by Gasteiger charge is 2.34.